The lowest BCUT2D eigenvalue weighted by Crippen LogP contribution is -2.60. The zero-order chi connectivity index (χ0) is 33.5. The normalized spacial score (nSPS) is 51.4. The van der Waals surface area contributed by atoms with Crippen LogP contribution in [0.4, 0.5) is 0 Å². The Balaban J connectivity index is 1.04. The molecule has 11 heteroatoms. The zero-order valence-electron chi connectivity index (χ0n) is 27.9. The molecule has 2 saturated heterocycles. The summed E-state index contributed by atoms with van der Waals surface area (Å²) in [6.45, 7) is 8.06. The summed E-state index contributed by atoms with van der Waals surface area (Å²) in [5, 5.41) is 54.5. The van der Waals surface area contributed by atoms with Gasteiger partial charge in [-0.05, 0) is 100 Å². The van der Waals surface area contributed by atoms with Crippen molar-refractivity contribution in [2.24, 2.45) is 22.7 Å². The third kappa shape index (κ3) is 5.49. The van der Waals surface area contributed by atoms with Crippen molar-refractivity contribution in [1.29, 1.82) is 0 Å². The minimum absolute atomic E-state index is 0.0566. The van der Waals surface area contributed by atoms with Gasteiger partial charge in [-0.15, -0.1) is 0 Å². The Labute approximate surface area is 275 Å². The van der Waals surface area contributed by atoms with Crippen LogP contribution < -0.4 is 5.63 Å². The number of allylic oxidation sites excluding steroid dienone is 1. The molecule has 11 nitrogen and oxygen atoms in total. The van der Waals surface area contributed by atoms with Gasteiger partial charge < -0.3 is 48.9 Å². The van der Waals surface area contributed by atoms with Gasteiger partial charge in [-0.1, -0.05) is 25.5 Å². The van der Waals surface area contributed by atoms with Crippen molar-refractivity contribution < 1.29 is 48.9 Å². The van der Waals surface area contributed by atoms with E-state index in [1.807, 2.05) is 13.0 Å². The minimum atomic E-state index is -1.46. The van der Waals surface area contributed by atoms with Crippen molar-refractivity contribution in [1.82, 2.24) is 0 Å². The molecule has 6 aliphatic rings. The van der Waals surface area contributed by atoms with E-state index in [0.29, 0.717) is 12.3 Å². The van der Waals surface area contributed by atoms with E-state index in [-0.39, 0.29) is 40.5 Å². The Morgan fingerprint density at radius 2 is 1.60 bits per heavy atom. The topological polar surface area (TPSA) is 168 Å². The monoisotopic (exact) mass is 660 g/mol. The van der Waals surface area contributed by atoms with Crippen LogP contribution in [0.15, 0.2) is 39.3 Å². The maximum atomic E-state index is 12.5. The lowest BCUT2D eigenvalue weighted by Gasteiger charge is -2.62. The van der Waals surface area contributed by atoms with Gasteiger partial charge in [-0.25, -0.2) is 4.79 Å². The van der Waals surface area contributed by atoms with Crippen LogP contribution in [-0.2, 0) is 18.9 Å². The highest BCUT2D eigenvalue weighted by molar-refractivity contribution is 5.31. The zero-order valence-corrected chi connectivity index (χ0v) is 27.9. The fraction of sp³-hybridized carbons (Fsp3) is 0.806. The summed E-state index contributed by atoms with van der Waals surface area (Å²) >= 11 is 0. The standard InChI is InChI=1S/C36H52O11/c1-18-15-26(47-33-31(41)30(40)28(38)19(2)45-33)29(39)32(44-18)46-22-9-12-34(3)21(16-22)6-7-25-24(34)10-13-35(4)23(11-14-36(25,35)42)20-5-8-27(37)43-17-20/h5,8,16-19,22-26,28-33,38-42H,6-7,9-15H2,1-4H3. The summed E-state index contributed by atoms with van der Waals surface area (Å²) in [6, 6.07) is 3.36. The first-order valence-electron chi connectivity index (χ1n) is 17.6. The molecule has 3 saturated carbocycles. The van der Waals surface area contributed by atoms with Crippen LogP contribution in [0, 0.1) is 22.7 Å². The van der Waals surface area contributed by atoms with Crippen molar-refractivity contribution in [3.8, 4) is 0 Å². The van der Waals surface area contributed by atoms with Gasteiger partial charge in [-0.2, -0.15) is 0 Å². The molecule has 0 spiro atoms. The average molecular weight is 661 g/mol. The molecule has 0 aromatic carbocycles. The van der Waals surface area contributed by atoms with Crippen LogP contribution in [0.5, 0.6) is 0 Å². The summed E-state index contributed by atoms with van der Waals surface area (Å²) in [6.07, 6.45) is 1.63. The molecule has 16 atom stereocenters. The van der Waals surface area contributed by atoms with Crippen LogP contribution >= 0.6 is 0 Å². The van der Waals surface area contributed by atoms with Gasteiger partial charge in [0.05, 0.1) is 36.3 Å². The van der Waals surface area contributed by atoms with Gasteiger partial charge in [0.2, 0.25) is 0 Å². The molecule has 4 aliphatic carbocycles. The first-order valence-corrected chi connectivity index (χ1v) is 17.6. The molecule has 0 bridgehead atoms. The second kappa shape index (κ2) is 12.3. The Bertz CT molecular complexity index is 1380. The highest BCUT2D eigenvalue weighted by atomic mass is 16.7. The van der Waals surface area contributed by atoms with Crippen LogP contribution in [0.3, 0.4) is 0 Å². The third-order valence-electron chi connectivity index (χ3n) is 13.4. The number of fused-ring (bicyclic) bond motifs is 5. The molecule has 262 valence electrons. The predicted octanol–water partition coefficient (Wildman–Crippen LogP) is 2.89. The summed E-state index contributed by atoms with van der Waals surface area (Å²) in [4.78, 5) is 11.6. The fourth-order valence-electron chi connectivity index (χ4n) is 10.6. The molecule has 5 N–H and O–H groups in total. The lowest BCUT2D eigenvalue weighted by atomic mass is 9.45. The minimum Gasteiger partial charge on any atom is -0.431 e. The second-order valence-electron chi connectivity index (χ2n) is 15.8. The Hall–Kier alpha value is -1.67. The smallest absolute Gasteiger partial charge is 0.335 e. The number of rotatable bonds is 5. The Kier molecular flexibility index (Phi) is 8.83. The molecule has 16 unspecified atom stereocenters. The maximum absolute atomic E-state index is 12.5. The SMILES string of the molecule is CC1CC(OC2OC(C)C(O)C(O)C2O)C(O)C(OC2C=C3CCC4C(CCC5(C)C(c6ccc(=O)oc6)CCC45O)C3(C)CC2)O1. The van der Waals surface area contributed by atoms with Crippen molar-refractivity contribution in [2.45, 2.75) is 158 Å². The molecule has 1 aromatic heterocycles. The van der Waals surface area contributed by atoms with E-state index in [9.17, 15) is 30.3 Å². The van der Waals surface area contributed by atoms with Crippen molar-refractivity contribution in [2.75, 3.05) is 0 Å². The van der Waals surface area contributed by atoms with Crippen LogP contribution in [-0.4, -0.2) is 92.5 Å². The van der Waals surface area contributed by atoms with E-state index in [1.54, 1.807) is 13.2 Å². The van der Waals surface area contributed by atoms with Crippen LogP contribution in [0.25, 0.3) is 0 Å². The van der Waals surface area contributed by atoms with E-state index in [0.717, 1.165) is 56.9 Å². The number of ether oxygens (including phenoxy) is 4. The number of aliphatic hydroxyl groups is 5. The molecular formula is C36H52O11. The van der Waals surface area contributed by atoms with Crippen LogP contribution in [0.1, 0.15) is 97.0 Å². The van der Waals surface area contributed by atoms with Gasteiger partial charge in [0.15, 0.2) is 12.6 Å². The van der Waals surface area contributed by atoms with Crippen LogP contribution in [0.2, 0.25) is 0 Å². The highest BCUT2D eigenvalue weighted by Gasteiger charge is 2.66. The molecule has 2 aliphatic heterocycles. The number of hydrogen-bond donors (Lipinski definition) is 5. The first-order chi connectivity index (χ1) is 22.2. The summed E-state index contributed by atoms with van der Waals surface area (Å²) in [5.74, 6) is 0.682. The maximum Gasteiger partial charge on any atom is 0.335 e. The molecule has 5 fully saturated rings. The molecule has 1 aromatic rings. The molecule has 0 amide bonds. The lowest BCUT2D eigenvalue weighted by molar-refractivity contribution is -0.339. The number of hydrogen-bond acceptors (Lipinski definition) is 11. The van der Waals surface area contributed by atoms with Gasteiger partial charge in [0, 0.05) is 17.9 Å². The Morgan fingerprint density at radius 3 is 2.34 bits per heavy atom. The van der Waals surface area contributed by atoms with E-state index in [1.165, 1.54) is 11.6 Å². The largest absolute Gasteiger partial charge is 0.431 e. The quantitative estimate of drug-likeness (QED) is 0.295. The average Bonchev–Trinajstić information content (AvgIpc) is 3.32. The van der Waals surface area contributed by atoms with Crippen molar-refractivity contribution >= 4 is 0 Å². The van der Waals surface area contributed by atoms with Crippen molar-refractivity contribution in [3.05, 3.63) is 46.0 Å². The van der Waals surface area contributed by atoms with Gasteiger partial charge in [0.25, 0.3) is 0 Å². The fourth-order valence-corrected chi connectivity index (χ4v) is 10.6. The predicted molar refractivity (Wildman–Crippen MR) is 168 cm³/mol. The summed E-state index contributed by atoms with van der Waals surface area (Å²) < 4.78 is 29.3. The molecular weight excluding hydrogens is 608 g/mol. The van der Waals surface area contributed by atoms with E-state index >= 15 is 0 Å². The molecule has 7 rings (SSSR count). The summed E-state index contributed by atoms with van der Waals surface area (Å²) in [7, 11) is 0. The first kappa shape index (κ1) is 33.8. The molecule has 3 heterocycles. The van der Waals surface area contributed by atoms with Gasteiger partial charge >= 0.3 is 5.63 Å². The van der Waals surface area contributed by atoms with E-state index in [2.05, 4.69) is 19.9 Å². The molecule has 0 radical (unpaired) electrons. The third-order valence-corrected chi connectivity index (χ3v) is 13.4. The number of aliphatic hydroxyl groups excluding tert-OH is 4. The Morgan fingerprint density at radius 1 is 0.830 bits per heavy atom. The summed E-state index contributed by atoms with van der Waals surface area (Å²) in [5.41, 5.74) is 0.875. The van der Waals surface area contributed by atoms with Gasteiger partial charge in [-0.3, -0.25) is 0 Å². The van der Waals surface area contributed by atoms with E-state index in [4.69, 9.17) is 23.4 Å². The van der Waals surface area contributed by atoms with Crippen molar-refractivity contribution in [3.63, 3.8) is 0 Å². The molecule has 47 heavy (non-hydrogen) atoms. The second-order valence-corrected chi connectivity index (χ2v) is 15.8. The van der Waals surface area contributed by atoms with E-state index < -0.39 is 54.8 Å². The highest BCUT2D eigenvalue weighted by Crippen LogP contribution is 2.70. The van der Waals surface area contributed by atoms with Gasteiger partial charge in [0.1, 0.15) is 24.4 Å².